The van der Waals surface area contributed by atoms with Gasteiger partial charge >= 0.3 is 29.6 Å². The molecule has 2 rings (SSSR count). The quantitative estimate of drug-likeness (QED) is 0.142. The van der Waals surface area contributed by atoms with Gasteiger partial charge in [-0.3, -0.25) is 4.79 Å². The maximum absolute atomic E-state index is 12.0. The summed E-state index contributed by atoms with van der Waals surface area (Å²) in [6, 6.07) is -2.42. The van der Waals surface area contributed by atoms with Crippen molar-refractivity contribution >= 4 is 11.9 Å². The van der Waals surface area contributed by atoms with Crippen molar-refractivity contribution in [1.82, 2.24) is 5.32 Å². The summed E-state index contributed by atoms with van der Waals surface area (Å²) in [6.45, 7) is -0.607. The minimum Gasteiger partial charge on any atom is -0.544 e. The number of carbonyl (C=O) groups excluding carboxylic acids is 2. The number of rotatable bonds is 8. The Balaban J connectivity index is 0.00000544. The van der Waals surface area contributed by atoms with Gasteiger partial charge in [0.2, 0.25) is 11.7 Å². The second-order valence-electron chi connectivity index (χ2n) is 7.81. The molecule has 0 aliphatic carbocycles. The Labute approximate surface area is 210 Å². The summed E-state index contributed by atoms with van der Waals surface area (Å²) < 4.78 is 15.6. The van der Waals surface area contributed by atoms with Gasteiger partial charge in [0.1, 0.15) is 48.7 Å². The summed E-state index contributed by atoms with van der Waals surface area (Å²) in [5, 5.41) is 82.5. The molecule has 0 spiro atoms. The van der Waals surface area contributed by atoms with Crippen LogP contribution >= 0.6 is 0 Å². The van der Waals surface area contributed by atoms with Crippen molar-refractivity contribution < 1.29 is 94.2 Å². The molecule has 2 fully saturated rings. The number of carboxylic acids is 1. The Morgan fingerprint density at radius 2 is 1.82 bits per heavy atom. The molecule has 2 heterocycles. The van der Waals surface area contributed by atoms with E-state index >= 15 is 0 Å². The number of carbonyl (C=O) groups is 2. The molecule has 0 aromatic rings. The summed E-state index contributed by atoms with van der Waals surface area (Å²) in [4.78, 5) is 23.5. The topological polar surface area (TPSA) is 265 Å². The number of nitrogens with two attached hydrogens (primary N) is 1. The molecule has 16 heteroatoms. The Kier molecular flexibility index (Phi) is 11.5. The number of ether oxygens (including phenoxy) is 3. The van der Waals surface area contributed by atoms with Gasteiger partial charge < -0.3 is 70.9 Å². The fourth-order valence-corrected chi connectivity index (χ4v) is 3.62. The molecule has 15 nitrogen and oxygen atoms in total. The Morgan fingerprint density at radius 3 is 2.33 bits per heavy atom. The fourth-order valence-electron chi connectivity index (χ4n) is 3.62. The van der Waals surface area contributed by atoms with Crippen LogP contribution in [0.4, 0.5) is 0 Å². The van der Waals surface area contributed by atoms with Gasteiger partial charge in [0.05, 0.1) is 19.3 Å². The third-order valence-corrected chi connectivity index (χ3v) is 5.41. The smallest absolute Gasteiger partial charge is 0.544 e. The molecule has 2 saturated heterocycles. The monoisotopic (exact) mass is 492 g/mol. The van der Waals surface area contributed by atoms with Crippen LogP contribution in [-0.4, -0.2) is 128 Å². The first-order chi connectivity index (χ1) is 14.8. The van der Waals surface area contributed by atoms with Crippen LogP contribution in [0.25, 0.3) is 0 Å². The Bertz CT molecular complexity index is 675. The fraction of sp³-hybridized carbons (Fsp3) is 0.882. The molecule has 0 saturated carbocycles. The van der Waals surface area contributed by atoms with E-state index in [1.807, 2.05) is 0 Å². The molecular weight excluding hydrogens is 463 g/mol. The molecule has 186 valence electrons. The molecule has 2 aliphatic rings. The molecule has 1 amide bonds. The first-order valence-corrected chi connectivity index (χ1v) is 9.75. The second kappa shape index (κ2) is 12.5. The zero-order chi connectivity index (χ0) is 24.4. The van der Waals surface area contributed by atoms with E-state index in [1.165, 1.54) is 0 Å². The molecule has 33 heavy (non-hydrogen) atoms. The minimum atomic E-state index is -2.68. The number of hydrogen-bond donors (Lipinski definition) is 9. The van der Waals surface area contributed by atoms with Crippen molar-refractivity contribution in [3.63, 3.8) is 0 Å². The van der Waals surface area contributed by atoms with Gasteiger partial charge in [-0.2, -0.15) is 0 Å². The number of aliphatic hydroxyl groups excluding tert-OH is 7. The van der Waals surface area contributed by atoms with Gasteiger partial charge in [-0.25, -0.2) is 0 Å². The first-order valence-electron chi connectivity index (χ1n) is 9.75. The molecule has 0 aromatic heterocycles. The number of carboxylic acid groups (broad SMARTS) is 1. The zero-order valence-corrected chi connectivity index (χ0v) is 20.1. The average Bonchev–Trinajstić information content (AvgIpc) is 2.73. The largest absolute Gasteiger partial charge is 1.00 e. The van der Waals surface area contributed by atoms with Crippen molar-refractivity contribution in [1.29, 1.82) is 0 Å². The van der Waals surface area contributed by atoms with Crippen molar-refractivity contribution in [2.75, 3.05) is 13.2 Å². The molecule has 0 unspecified atom stereocenters. The zero-order valence-electron chi connectivity index (χ0n) is 18.1. The third-order valence-electron chi connectivity index (χ3n) is 5.41. The van der Waals surface area contributed by atoms with E-state index in [2.05, 4.69) is 5.32 Å². The molecule has 2 aliphatic heterocycles. The van der Waals surface area contributed by atoms with E-state index in [4.69, 9.17) is 25.1 Å². The number of hydrogen-bond acceptors (Lipinski definition) is 14. The van der Waals surface area contributed by atoms with E-state index in [1.54, 1.807) is 0 Å². The van der Waals surface area contributed by atoms with Crippen LogP contribution in [0.1, 0.15) is 13.3 Å². The van der Waals surface area contributed by atoms with Gasteiger partial charge in [0.25, 0.3) is 0 Å². The van der Waals surface area contributed by atoms with Gasteiger partial charge in [-0.05, 0) is 0 Å². The Hall–Kier alpha value is -0.500. The normalized spacial score (nSPS) is 40.9. The van der Waals surface area contributed by atoms with Crippen LogP contribution in [0.3, 0.4) is 0 Å². The van der Waals surface area contributed by atoms with Crippen LogP contribution in [-0.2, 0) is 23.8 Å². The van der Waals surface area contributed by atoms with Crippen molar-refractivity contribution in [3.05, 3.63) is 0 Å². The summed E-state index contributed by atoms with van der Waals surface area (Å²) in [7, 11) is 0. The molecule has 10 N–H and O–H groups in total. The van der Waals surface area contributed by atoms with E-state index in [-0.39, 0.29) is 29.6 Å². The summed E-state index contributed by atoms with van der Waals surface area (Å²) >= 11 is 0. The van der Waals surface area contributed by atoms with Gasteiger partial charge in [0, 0.05) is 19.4 Å². The number of aliphatic hydroxyl groups is 7. The van der Waals surface area contributed by atoms with Crippen LogP contribution in [0.2, 0.25) is 0 Å². The number of nitrogens with one attached hydrogen (secondary N) is 1. The van der Waals surface area contributed by atoms with Gasteiger partial charge in [-0.15, -0.1) is 0 Å². The van der Waals surface area contributed by atoms with Gasteiger partial charge in [-0.1, -0.05) is 0 Å². The first kappa shape index (κ1) is 30.5. The summed E-state index contributed by atoms with van der Waals surface area (Å²) in [5.74, 6) is -5.24. The SMILES string of the molecule is CC(=O)N[C@H]1[C@H]([C@H](O)[C@H](O)CO)O[C@@](OC[C@@H]2O[C@H](O)[C@@H](O)[C@@H](O)[C@H]2O)(C(=O)[O-])C[C@H]1N.[Na+]. The van der Waals surface area contributed by atoms with Crippen molar-refractivity contribution in [2.24, 2.45) is 5.73 Å². The minimum absolute atomic E-state index is 0. The maximum Gasteiger partial charge on any atom is 1.00 e. The van der Waals surface area contributed by atoms with Crippen molar-refractivity contribution in [3.8, 4) is 0 Å². The van der Waals surface area contributed by atoms with Crippen LogP contribution in [0.15, 0.2) is 0 Å². The standard InChI is InChI=1S/C17H30N2O13.Na/c1-5(21)19-9-6(18)2-17(16(28)29,32-14(9)10(23)7(22)3-20)30-4-8-11(24)12(25)13(26)15(27)31-8;/h6-15,20,22-27H,2-4,18H2,1H3,(H,19,21)(H,28,29);/q;+1/p-1/t6-,7-,8+,9-,10-,11+,12+,13+,14-,15+,17-;/m1./s1. The Morgan fingerprint density at radius 1 is 1.21 bits per heavy atom. The molecule has 0 bridgehead atoms. The predicted octanol–water partition coefficient (Wildman–Crippen LogP) is -10.4. The number of aliphatic carboxylic acids is 1. The van der Waals surface area contributed by atoms with Crippen LogP contribution in [0.5, 0.6) is 0 Å². The van der Waals surface area contributed by atoms with Crippen LogP contribution in [0, 0.1) is 0 Å². The van der Waals surface area contributed by atoms with Crippen LogP contribution < -0.4 is 45.7 Å². The summed E-state index contributed by atoms with van der Waals surface area (Å²) in [6.07, 6.45) is -14.9. The average molecular weight is 492 g/mol. The molecule has 0 aromatic carbocycles. The predicted molar refractivity (Wildman–Crippen MR) is 96.8 cm³/mol. The van der Waals surface area contributed by atoms with Crippen molar-refractivity contribution in [2.45, 2.75) is 80.2 Å². The van der Waals surface area contributed by atoms with Gasteiger partial charge in [0.15, 0.2) is 6.29 Å². The second-order valence-corrected chi connectivity index (χ2v) is 7.81. The molecule has 11 atom stereocenters. The van der Waals surface area contributed by atoms with E-state index in [0.717, 1.165) is 6.92 Å². The maximum atomic E-state index is 12.0. The summed E-state index contributed by atoms with van der Waals surface area (Å²) in [5.41, 5.74) is 5.99. The molecular formula is C17H29N2NaO13. The van der Waals surface area contributed by atoms with E-state index in [0.29, 0.717) is 0 Å². The molecule has 0 radical (unpaired) electrons. The van der Waals surface area contributed by atoms with E-state index in [9.17, 15) is 45.3 Å². The third kappa shape index (κ3) is 6.80. The van der Waals surface area contributed by atoms with E-state index < -0.39 is 98.4 Å². The number of amides is 1.